The minimum atomic E-state index is -0.280. The number of amides is 2. The fourth-order valence-electron chi connectivity index (χ4n) is 1.98. The zero-order valence-corrected chi connectivity index (χ0v) is 13.2. The number of carbonyl (C=O) groups excluding carboxylic acids is 1. The van der Waals surface area contributed by atoms with Gasteiger partial charge in [0.15, 0.2) is 0 Å². The van der Waals surface area contributed by atoms with Crippen molar-refractivity contribution in [2.75, 3.05) is 10.6 Å². The maximum absolute atomic E-state index is 12.0. The van der Waals surface area contributed by atoms with Crippen molar-refractivity contribution >= 4 is 29.0 Å². The van der Waals surface area contributed by atoms with Crippen molar-refractivity contribution in [2.45, 2.75) is 26.7 Å². The Morgan fingerprint density at radius 2 is 1.71 bits per heavy atom. The largest absolute Gasteiger partial charge is 0.323 e. The maximum Gasteiger partial charge on any atom is 0.323 e. The molecule has 0 aliphatic heterocycles. The molecule has 0 heterocycles. The predicted octanol–water partition coefficient (Wildman–Crippen LogP) is 5.42. The first-order valence-electron chi connectivity index (χ1n) is 6.90. The van der Waals surface area contributed by atoms with Crippen LogP contribution in [-0.4, -0.2) is 6.03 Å². The number of halogens is 1. The molecule has 0 atom stereocenters. The molecule has 2 aromatic rings. The van der Waals surface area contributed by atoms with E-state index in [1.54, 1.807) is 6.07 Å². The molecule has 0 spiro atoms. The van der Waals surface area contributed by atoms with E-state index in [1.807, 2.05) is 43.3 Å². The Bertz CT molecular complexity index is 636. The highest BCUT2D eigenvalue weighted by molar-refractivity contribution is 6.31. The van der Waals surface area contributed by atoms with Crippen LogP contribution in [0.25, 0.3) is 0 Å². The Morgan fingerprint density at radius 3 is 2.33 bits per heavy atom. The molecule has 0 bridgehead atoms. The normalized spacial score (nSPS) is 10.5. The van der Waals surface area contributed by atoms with Crippen molar-refractivity contribution in [2.24, 2.45) is 0 Å². The van der Waals surface area contributed by atoms with E-state index in [1.165, 1.54) is 5.56 Å². The van der Waals surface area contributed by atoms with Gasteiger partial charge in [-0.05, 0) is 48.2 Å². The summed E-state index contributed by atoms with van der Waals surface area (Å²) in [5, 5.41) is 6.25. The third kappa shape index (κ3) is 3.99. The molecule has 0 aliphatic carbocycles. The van der Waals surface area contributed by atoms with Crippen molar-refractivity contribution in [3.63, 3.8) is 0 Å². The highest BCUT2D eigenvalue weighted by Gasteiger charge is 2.07. The van der Waals surface area contributed by atoms with Crippen molar-refractivity contribution in [3.05, 3.63) is 58.6 Å². The highest BCUT2D eigenvalue weighted by atomic mass is 35.5. The minimum Gasteiger partial charge on any atom is -0.308 e. The molecule has 3 nitrogen and oxygen atoms in total. The minimum absolute atomic E-state index is 0.280. The van der Waals surface area contributed by atoms with Gasteiger partial charge in [-0.3, -0.25) is 0 Å². The Labute approximate surface area is 130 Å². The van der Waals surface area contributed by atoms with Crippen molar-refractivity contribution in [1.29, 1.82) is 0 Å². The van der Waals surface area contributed by atoms with E-state index >= 15 is 0 Å². The van der Waals surface area contributed by atoms with E-state index in [0.29, 0.717) is 16.6 Å². The number of carbonyl (C=O) groups is 1. The Hall–Kier alpha value is -2.00. The zero-order valence-electron chi connectivity index (χ0n) is 12.4. The molecular formula is C17H19ClN2O. The van der Waals surface area contributed by atoms with E-state index < -0.39 is 0 Å². The van der Waals surface area contributed by atoms with Crippen LogP contribution in [0.15, 0.2) is 42.5 Å². The van der Waals surface area contributed by atoms with Crippen molar-refractivity contribution < 1.29 is 4.79 Å². The third-order valence-corrected chi connectivity index (χ3v) is 3.76. The fraction of sp³-hybridized carbons (Fsp3) is 0.235. The Balaban J connectivity index is 2.03. The summed E-state index contributed by atoms with van der Waals surface area (Å²) in [5.41, 5.74) is 3.56. The van der Waals surface area contributed by atoms with Crippen molar-refractivity contribution in [1.82, 2.24) is 0 Å². The van der Waals surface area contributed by atoms with Gasteiger partial charge in [0.05, 0.1) is 0 Å². The van der Waals surface area contributed by atoms with Gasteiger partial charge >= 0.3 is 6.03 Å². The standard InChI is InChI=1S/C17H19ClN2O/c1-11(2)13-7-9-14(10-8-13)19-17(21)20-16-6-4-5-15(18)12(16)3/h4-11H,1-3H3,(H2,19,20,21). The molecule has 0 unspecified atom stereocenters. The number of hydrogen-bond acceptors (Lipinski definition) is 1. The van der Waals surface area contributed by atoms with Crippen LogP contribution in [0.2, 0.25) is 5.02 Å². The molecule has 0 radical (unpaired) electrons. The molecule has 4 heteroatoms. The molecule has 0 aromatic heterocycles. The second-order valence-corrected chi connectivity index (χ2v) is 5.68. The average Bonchev–Trinajstić information content (AvgIpc) is 2.44. The molecule has 0 fully saturated rings. The van der Waals surface area contributed by atoms with Crippen LogP contribution < -0.4 is 10.6 Å². The molecule has 0 aliphatic rings. The number of benzene rings is 2. The van der Waals surface area contributed by atoms with Gasteiger partial charge < -0.3 is 10.6 Å². The van der Waals surface area contributed by atoms with Crippen molar-refractivity contribution in [3.8, 4) is 0 Å². The molecule has 2 rings (SSSR count). The van der Waals surface area contributed by atoms with E-state index in [4.69, 9.17) is 11.6 Å². The summed E-state index contributed by atoms with van der Waals surface area (Å²) in [6.07, 6.45) is 0. The van der Waals surface area contributed by atoms with Gasteiger partial charge in [-0.2, -0.15) is 0 Å². The molecule has 21 heavy (non-hydrogen) atoms. The zero-order chi connectivity index (χ0) is 15.4. The van der Waals surface area contributed by atoms with E-state index in [9.17, 15) is 4.79 Å². The Kier molecular flexibility index (Phi) is 4.86. The topological polar surface area (TPSA) is 41.1 Å². The lowest BCUT2D eigenvalue weighted by atomic mass is 10.0. The smallest absolute Gasteiger partial charge is 0.308 e. The van der Waals surface area contributed by atoms with Gasteiger partial charge in [-0.25, -0.2) is 4.79 Å². The van der Waals surface area contributed by atoms with Gasteiger partial charge in [-0.15, -0.1) is 0 Å². The summed E-state index contributed by atoms with van der Waals surface area (Å²) in [6, 6.07) is 13.0. The Morgan fingerprint density at radius 1 is 1.05 bits per heavy atom. The van der Waals surface area contributed by atoms with Gasteiger partial charge in [0.2, 0.25) is 0 Å². The average molecular weight is 303 g/mol. The van der Waals surface area contributed by atoms with Gasteiger partial charge in [0.1, 0.15) is 0 Å². The number of rotatable bonds is 3. The summed E-state index contributed by atoms with van der Waals surface area (Å²) in [7, 11) is 0. The van der Waals surface area contributed by atoms with Crippen LogP contribution in [0, 0.1) is 6.92 Å². The highest BCUT2D eigenvalue weighted by Crippen LogP contribution is 2.23. The lowest BCUT2D eigenvalue weighted by Crippen LogP contribution is -2.20. The number of nitrogens with one attached hydrogen (secondary N) is 2. The summed E-state index contributed by atoms with van der Waals surface area (Å²) in [5.74, 6) is 0.474. The monoisotopic (exact) mass is 302 g/mol. The lowest BCUT2D eigenvalue weighted by molar-refractivity contribution is 0.262. The molecule has 2 N–H and O–H groups in total. The lowest BCUT2D eigenvalue weighted by Gasteiger charge is -2.11. The van der Waals surface area contributed by atoms with E-state index in [-0.39, 0.29) is 6.03 Å². The molecule has 110 valence electrons. The first-order valence-corrected chi connectivity index (χ1v) is 7.28. The van der Waals surface area contributed by atoms with Crippen LogP contribution in [0.5, 0.6) is 0 Å². The fourth-order valence-corrected chi connectivity index (χ4v) is 2.15. The van der Waals surface area contributed by atoms with Crippen LogP contribution in [0.3, 0.4) is 0 Å². The molecular weight excluding hydrogens is 284 g/mol. The van der Waals surface area contributed by atoms with E-state index in [2.05, 4.69) is 24.5 Å². The van der Waals surface area contributed by atoms with E-state index in [0.717, 1.165) is 11.3 Å². The van der Waals surface area contributed by atoms with Gasteiger partial charge in [0.25, 0.3) is 0 Å². The number of anilines is 2. The summed E-state index contributed by atoms with van der Waals surface area (Å²) >= 11 is 6.03. The second kappa shape index (κ2) is 6.64. The summed E-state index contributed by atoms with van der Waals surface area (Å²) in [4.78, 5) is 12.0. The van der Waals surface area contributed by atoms with Crippen LogP contribution in [0.4, 0.5) is 16.2 Å². The van der Waals surface area contributed by atoms with Crippen LogP contribution >= 0.6 is 11.6 Å². The molecule has 0 saturated carbocycles. The summed E-state index contributed by atoms with van der Waals surface area (Å²) in [6.45, 7) is 6.14. The van der Waals surface area contributed by atoms with Crippen LogP contribution in [0.1, 0.15) is 30.9 Å². The molecule has 0 saturated heterocycles. The second-order valence-electron chi connectivity index (χ2n) is 5.27. The van der Waals surface area contributed by atoms with Crippen LogP contribution in [-0.2, 0) is 0 Å². The maximum atomic E-state index is 12.0. The third-order valence-electron chi connectivity index (χ3n) is 3.35. The van der Waals surface area contributed by atoms with Gasteiger partial charge in [0, 0.05) is 16.4 Å². The number of hydrogen-bond donors (Lipinski definition) is 2. The predicted molar refractivity (Wildman–Crippen MR) is 89.4 cm³/mol. The first-order chi connectivity index (χ1) is 9.97. The quantitative estimate of drug-likeness (QED) is 0.781. The number of urea groups is 1. The summed E-state index contributed by atoms with van der Waals surface area (Å²) < 4.78 is 0. The first kappa shape index (κ1) is 15.4. The SMILES string of the molecule is Cc1c(Cl)cccc1NC(=O)Nc1ccc(C(C)C)cc1. The van der Waals surface area contributed by atoms with Gasteiger partial charge in [-0.1, -0.05) is 43.6 Å². The molecule has 2 aromatic carbocycles. The molecule has 2 amide bonds.